The van der Waals surface area contributed by atoms with E-state index in [0.29, 0.717) is 0 Å². The van der Waals surface area contributed by atoms with Crippen LogP contribution in [0.5, 0.6) is 0 Å². The van der Waals surface area contributed by atoms with Gasteiger partial charge in [0, 0.05) is 19.1 Å². The van der Waals surface area contributed by atoms with Gasteiger partial charge in [-0.3, -0.25) is 9.69 Å². The third kappa shape index (κ3) is 4.04. The number of piperidine rings is 1. The Hall–Kier alpha value is -0.830. The van der Waals surface area contributed by atoms with Gasteiger partial charge in [-0.1, -0.05) is 19.9 Å². The van der Waals surface area contributed by atoms with Crippen molar-refractivity contribution in [3.05, 3.63) is 12.7 Å². The summed E-state index contributed by atoms with van der Waals surface area (Å²) in [5.41, 5.74) is 0. The van der Waals surface area contributed by atoms with Crippen LogP contribution in [-0.4, -0.2) is 36.5 Å². The number of nitrogens with zero attached hydrogens (tertiary/aromatic N) is 1. The van der Waals surface area contributed by atoms with Crippen LogP contribution >= 0.6 is 0 Å². The highest BCUT2D eigenvalue weighted by atomic mass is 16.1. The van der Waals surface area contributed by atoms with E-state index in [1.54, 1.807) is 0 Å². The molecular formula is C12H22N2O. The topological polar surface area (TPSA) is 32.3 Å². The minimum absolute atomic E-state index is 0.0694. The van der Waals surface area contributed by atoms with Crippen LogP contribution in [0.4, 0.5) is 0 Å². The molecule has 1 heterocycles. The first kappa shape index (κ1) is 12.2. The van der Waals surface area contributed by atoms with E-state index in [-0.39, 0.29) is 5.91 Å². The molecule has 1 rings (SSSR count). The van der Waals surface area contributed by atoms with Crippen molar-refractivity contribution in [2.45, 2.75) is 38.6 Å². The van der Waals surface area contributed by atoms with Crippen LogP contribution in [0.1, 0.15) is 32.6 Å². The molecule has 3 heteroatoms. The van der Waals surface area contributed by atoms with Crippen molar-refractivity contribution < 1.29 is 4.79 Å². The van der Waals surface area contributed by atoms with Gasteiger partial charge in [-0.15, -0.1) is 0 Å². The SMILES string of the molecule is C=CC(=O)NCCN1CCCC[C@H]1CC. The van der Waals surface area contributed by atoms with Gasteiger partial charge in [-0.05, 0) is 31.9 Å². The summed E-state index contributed by atoms with van der Waals surface area (Å²) in [5, 5.41) is 2.83. The van der Waals surface area contributed by atoms with E-state index >= 15 is 0 Å². The first-order valence-corrected chi connectivity index (χ1v) is 5.92. The maximum Gasteiger partial charge on any atom is 0.243 e. The summed E-state index contributed by atoms with van der Waals surface area (Å²) < 4.78 is 0. The van der Waals surface area contributed by atoms with Crippen LogP contribution in [0.15, 0.2) is 12.7 Å². The number of hydrogen-bond donors (Lipinski definition) is 1. The van der Waals surface area contributed by atoms with Gasteiger partial charge in [-0.25, -0.2) is 0 Å². The Bertz CT molecular complexity index is 216. The molecule has 1 aliphatic rings. The van der Waals surface area contributed by atoms with Gasteiger partial charge in [0.05, 0.1) is 0 Å². The molecule has 1 amide bonds. The monoisotopic (exact) mass is 210 g/mol. The van der Waals surface area contributed by atoms with Crippen molar-refractivity contribution in [3.8, 4) is 0 Å². The zero-order chi connectivity index (χ0) is 11.1. The summed E-state index contributed by atoms with van der Waals surface area (Å²) >= 11 is 0. The number of likely N-dealkylation sites (tertiary alicyclic amines) is 1. The van der Waals surface area contributed by atoms with Gasteiger partial charge in [-0.2, -0.15) is 0 Å². The van der Waals surface area contributed by atoms with Gasteiger partial charge >= 0.3 is 0 Å². The van der Waals surface area contributed by atoms with Crippen LogP contribution in [0.25, 0.3) is 0 Å². The molecule has 86 valence electrons. The molecule has 1 atom stereocenters. The molecule has 0 aromatic rings. The van der Waals surface area contributed by atoms with Crippen LogP contribution in [-0.2, 0) is 4.79 Å². The Labute approximate surface area is 92.5 Å². The van der Waals surface area contributed by atoms with E-state index in [1.807, 2.05) is 0 Å². The Morgan fingerprint density at radius 2 is 2.40 bits per heavy atom. The first-order chi connectivity index (χ1) is 7.27. The molecular weight excluding hydrogens is 188 g/mol. The first-order valence-electron chi connectivity index (χ1n) is 5.92. The molecule has 3 nitrogen and oxygen atoms in total. The second kappa shape index (κ2) is 6.62. The fraction of sp³-hybridized carbons (Fsp3) is 0.750. The zero-order valence-corrected chi connectivity index (χ0v) is 9.67. The van der Waals surface area contributed by atoms with E-state index in [9.17, 15) is 4.79 Å². The van der Waals surface area contributed by atoms with Crippen molar-refractivity contribution in [3.63, 3.8) is 0 Å². The summed E-state index contributed by atoms with van der Waals surface area (Å²) in [4.78, 5) is 13.4. The normalized spacial score (nSPS) is 22.3. The maximum atomic E-state index is 11.0. The zero-order valence-electron chi connectivity index (χ0n) is 9.67. The molecule has 1 aliphatic heterocycles. The average Bonchev–Trinajstić information content (AvgIpc) is 2.29. The van der Waals surface area contributed by atoms with Crippen molar-refractivity contribution >= 4 is 5.91 Å². The summed E-state index contributed by atoms with van der Waals surface area (Å²) in [6.45, 7) is 8.56. The van der Waals surface area contributed by atoms with Crippen molar-refractivity contribution in [2.75, 3.05) is 19.6 Å². The number of nitrogens with one attached hydrogen (secondary N) is 1. The predicted molar refractivity (Wildman–Crippen MR) is 62.7 cm³/mol. The van der Waals surface area contributed by atoms with Crippen molar-refractivity contribution in [1.29, 1.82) is 0 Å². The van der Waals surface area contributed by atoms with Crippen LogP contribution in [0, 0.1) is 0 Å². The molecule has 15 heavy (non-hydrogen) atoms. The van der Waals surface area contributed by atoms with Crippen LogP contribution < -0.4 is 5.32 Å². The molecule has 0 unspecified atom stereocenters. The molecule has 0 radical (unpaired) electrons. The Kier molecular flexibility index (Phi) is 5.40. The number of carbonyl (C=O) groups is 1. The lowest BCUT2D eigenvalue weighted by atomic mass is 10.0. The summed E-state index contributed by atoms with van der Waals surface area (Å²) in [7, 11) is 0. The fourth-order valence-electron chi connectivity index (χ4n) is 2.21. The van der Waals surface area contributed by atoms with E-state index in [0.717, 1.165) is 19.1 Å². The number of carbonyl (C=O) groups excluding carboxylic acids is 1. The smallest absolute Gasteiger partial charge is 0.243 e. The van der Waals surface area contributed by atoms with Gasteiger partial charge in [0.1, 0.15) is 0 Å². The molecule has 0 aromatic carbocycles. The molecule has 0 aromatic heterocycles. The Balaban J connectivity index is 2.23. The Morgan fingerprint density at radius 1 is 1.60 bits per heavy atom. The molecule has 1 fully saturated rings. The highest BCUT2D eigenvalue weighted by molar-refractivity contribution is 5.86. The Morgan fingerprint density at radius 3 is 3.07 bits per heavy atom. The number of amides is 1. The standard InChI is InChI=1S/C12H22N2O/c1-3-11-7-5-6-9-14(11)10-8-13-12(15)4-2/h4,11H,2-3,5-10H2,1H3,(H,13,15)/t11-/m1/s1. The summed E-state index contributed by atoms with van der Waals surface area (Å²) in [5.74, 6) is -0.0694. The molecule has 1 saturated heterocycles. The van der Waals surface area contributed by atoms with Gasteiger partial charge in [0.15, 0.2) is 0 Å². The fourth-order valence-corrected chi connectivity index (χ4v) is 2.21. The van der Waals surface area contributed by atoms with Gasteiger partial charge in [0.25, 0.3) is 0 Å². The number of rotatable bonds is 5. The van der Waals surface area contributed by atoms with E-state index < -0.39 is 0 Å². The molecule has 0 aliphatic carbocycles. The highest BCUT2D eigenvalue weighted by Crippen LogP contribution is 2.18. The predicted octanol–water partition coefficient (Wildman–Crippen LogP) is 1.55. The summed E-state index contributed by atoms with van der Waals surface area (Å²) in [6, 6.07) is 0.722. The lowest BCUT2D eigenvalue weighted by molar-refractivity contribution is -0.116. The van der Waals surface area contributed by atoms with Crippen molar-refractivity contribution in [1.82, 2.24) is 10.2 Å². The second-order valence-corrected chi connectivity index (χ2v) is 4.09. The third-order valence-corrected chi connectivity index (χ3v) is 3.10. The van der Waals surface area contributed by atoms with E-state index in [4.69, 9.17) is 0 Å². The molecule has 1 N–H and O–H groups in total. The van der Waals surface area contributed by atoms with E-state index in [2.05, 4.69) is 23.7 Å². The summed E-state index contributed by atoms with van der Waals surface area (Å²) in [6.07, 6.45) is 6.51. The van der Waals surface area contributed by atoms with Gasteiger partial charge < -0.3 is 5.32 Å². The largest absolute Gasteiger partial charge is 0.351 e. The van der Waals surface area contributed by atoms with E-state index in [1.165, 1.54) is 38.3 Å². The van der Waals surface area contributed by atoms with Gasteiger partial charge in [0.2, 0.25) is 5.91 Å². The molecule has 0 bridgehead atoms. The maximum absolute atomic E-state index is 11.0. The average molecular weight is 210 g/mol. The van der Waals surface area contributed by atoms with Crippen LogP contribution in [0.2, 0.25) is 0 Å². The lowest BCUT2D eigenvalue weighted by Crippen LogP contribution is -2.43. The number of hydrogen-bond acceptors (Lipinski definition) is 2. The minimum atomic E-state index is -0.0694. The third-order valence-electron chi connectivity index (χ3n) is 3.10. The van der Waals surface area contributed by atoms with Crippen LogP contribution in [0.3, 0.4) is 0 Å². The quantitative estimate of drug-likeness (QED) is 0.698. The van der Waals surface area contributed by atoms with Crippen molar-refractivity contribution in [2.24, 2.45) is 0 Å². The minimum Gasteiger partial charge on any atom is -0.351 e. The molecule has 0 spiro atoms. The lowest BCUT2D eigenvalue weighted by Gasteiger charge is -2.35. The molecule has 0 saturated carbocycles. The second-order valence-electron chi connectivity index (χ2n) is 4.09. The highest BCUT2D eigenvalue weighted by Gasteiger charge is 2.19.